The van der Waals surface area contributed by atoms with Gasteiger partial charge in [0, 0.05) is 18.4 Å². The number of fused-ring (bicyclic) bond motifs is 1. The number of nitrogens with zero attached hydrogens (tertiary/aromatic N) is 1. The molecular weight excluding hydrogens is 262 g/mol. The number of carbonyl (C=O) groups is 2. The largest absolute Gasteiger partial charge is 0.307 e. The van der Waals surface area contributed by atoms with Crippen molar-refractivity contribution in [3.8, 4) is 0 Å². The second-order valence-electron chi connectivity index (χ2n) is 5.35. The van der Waals surface area contributed by atoms with Gasteiger partial charge in [-0.2, -0.15) is 0 Å². The van der Waals surface area contributed by atoms with Crippen molar-refractivity contribution < 1.29 is 9.59 Å². The molecule has 3 heteroatoms. The summed E-state index contributed by atoms with van der Waals surface area (Å²) < 4.78 is 0. The zero-order chi connectivity index (χ0) is 14.8. The summed E-state index contributed by atoms with van der Waals surface area (Å²) in [6.45, 7) is 2.55. The fourth-order valence-corrected chi connectivity index (χ4v) is 2.70. The van der Waals surface area contributed by atoms with Gasteiger partial charge in [-0.3, -0.25) is 9.59 Å². The maximum atomic E-state index is 12.4. The van der Waals surface area contributed by atoms with Crippen molar-refractivity contribution in [3.05, 3.63) is 65.2 Å². The molecule has 0 atom stereocenters. The number of Topliss-reactive ketones (excluding diaryl/α,β-unsaturated/α-hetero) is 1. The Morgan fingerprint density at radius 1 is 0.952 bits per heavy atom. The molecule has 0 radical (unpaired) electrons. The van der Waals surface area contributed by atoms with Crippen LogP contribution in [0.1, 0.15) is 34.3 Å². The third-order valence-corrected chi connectivity index (χ3v) is 3.95. The molecule has 0 spiro atoms. The highest BCUT2D eigenvalue weighted by Crippen LogP contribution is 2.28. The number of amides is 1. The topological polar surface area (TPSA) is 37.4 Å². The third-order valence-electron chi connectivity index (χ3n) is 3.95. The lowest BCUT2D eigenvalue weighted by Gasteiger charge is -2.23. The molecule has 1 heterocycles. The number of aryl methyl sites for hydroxylation is 1. The number of anilines is 1. The van der Waals surface area contributed by atoms with Gasteiger partial charge in [0.25, 0.3) is 0 Å². The highest BCUT2D eigenvalue weighted by molar-refractivity contribution is 6.09. The summed E-state index contributed by atoms with van der Waals surface area (Å²) >= 11 is 0. The van der Waals surface area contributed by atoms with Crippen LogP contribution in [0.2, 0.25) is 0 Å². The number of ketones is 1. The van der Waals surface area contributed by atoms with Crippen LogP contribution < -0.4 is 4.90 Å². The molecule has 0 aromatic heterocycles. The van der Waals surface area contributed by atoms with E-state index < -0.39 is 0 Å². The van der Waals surface area contributed by atoms with Crippen LogP contribution in [-0.4, -0.2) is 11.7 Å². The minimum absolute atomic E-state index is 0.0107. The molecule has 0 saturated heterocycles. The molecule has 1 amide bonds. The molecule has 0 fully saturated rings. The quantitative estimate of drug-likeness (QED) is 0.843. The molecular formula is C18H17NO2. The smallest absolute Gasteiger partial charge is 0.227 e. The van der Waals surface area contributed by atoms with Crippen molar-refractivity contribution >= 4 is 17.4 Å². The molecule has 3 nitrogen and oxygen atoms in total. The van der Waals surface area contributed by atoms with E-state index in [4.69, 9.17) is 0 Å². The fraction of sp³-hybridized carbons (Fsp3) is 0.222. The minimum atomic E-state index is 0.0107. The summed E-state index contributed by atoms with van der Waals surface area (Å²) in [6.07, 6.45) is 0.569. The monoisotopic (exact) mass is 279 g/mol. The summed E-state index contributed by atoms with van der Waals surface area (Å²) in [7, 11) is 0. The summed E-state index contributed by atoms with van der Waals surface area (Å²) in [5.74, 6) is 0.0581. The number of carbonyl (C=O) groups excluding carboxylic acids is 2. The lowest BCUT2D eigenvalue weighted by atomic mass is 10.1. The molecule has 3 rings (SSSR count). The fourth-order valence-electron chi connectivity index (χ4n) is 2.70. The van der Waals surface area contributed by atoms with E-state index in [0.29, 0.717) is 18.5 Å². The van der Waals surface area contributed by atoms with Gasteiger partial charge >= 0.3 is 0 Å². The zero-order valence-electron chi connectivity index (χ0n) is 12.0. The Balaban J connectivity index is 2.04. The summed E-state index contributed by atoms with van der Waals surface area (Å²) in [6, 6.07) is 15.4. The first kappa shape index (κ1) is 13.6. The van der Waals surface area contributed by atoms with Crippen LogP contribution >= 0.6 is 0 Å². The van der Waals surface area contributed by atoms with Gasteiger partial charge in [-0.15, -0.1) is 0 Å². The predicted molar refractivity (Wildman–Crippen MR) is 82.4 cm³/mol. The van der Waals surface area contributed by atoms with Crippen molar-refractivity contribution in [2.75, 3.05) is 4.90 Å². The number of para-hydroxylation sites is 1. The van der Waals surface area contributed by atoms with E-state index >= 15 is 0 Å². The molecule has 1 aliphatic rings. The number of benzene rings is 2. The first-order valence-corrected chi connectivity index (χ1v) is 7.14. The molecule has 106 valence electrons. The van der Waals surface area contributed by atoms with E-state index in [1.165, 1.54) is 0 Å². The second kappa shape index (κ2) is 5.52. The molecule has 0 bridgehead atoms. The van der Waals surface area contributed by atoms with Gasteiger partial charge in [-0.25, -0.2) is 0 Å². The van der Waals surface area contributed by atoms with Crippen LogP contribution in [0.25, 0.3) is 0 Å². The first-order chi connectivity index (χ1) is 10.2. The van der Waals surface area contributed by atoms with Crippen molar-refractivity contribution in [2.24, 2.45) is 0 Å². The molecule has 0 saturated carbocycles. The summed E-state index contributed by atoms with van der Waals surface area (Å²) in [5, 5.41) is 0. The average molecular weight is 279 g/mol. The lowest BCUT2D eigenvalue weighted by Crippen LogP contribution is -2.29. The van der Waals surface area contributed by atoms with Gasteiger partial charge in [-0.1, -0.05) is 36.4 Å². The first-order valence-electron chi connectivity index (χ1n) is 7.14. The van der Waals surface area contributed by atoms with Crippen LogP contribution in [0, 0.1) is 6.92 Å². The Labute approximate surface area is 124 Å². The van der Waals surface area contributed by atoms with E-state index in [-0.39, 0.29) is 18.1 Å². The maximum Gasteiger partial charge on any atom is 0.227 e. The van der Waals surface area contributed by atoms with Gasteiger partial charge in [0.1, 0.15) is 0 Å². The average Bonchev–Trinajstić information content (AvgIpc) is 2.62. The Hall–Kier alpha value is -2.42. The minimum Gasteiger partial charge on any atom is -0.307 e. The van der Waals surface area contributed by atoms with Crippen LogP contribution in [0.5, 0.6) is 0 Å². The number of hydrogen-bond donors (Lipinski definition) is 0. The zero-order valence-corrected chi connectivity index (χ0v) is 12.0. The number of hydrogen-bond acceptors (Lipinski definition) is 2. The Kier molecular flexibility index (Phi) is 3.57. The molecule has 2 aromatic rings. The predicted octanol–water partition coefficient (Wildman–Crippen LogP) is 3.50. The van der Waals surface area contributed by atoms with Crippen LogP contribution in [0.15, 0.2) is 48.5 Å². The molecule has 1 aliphatic heterocycles. The molecule has 0 unspecified atom stereocenters. The van der Waals surface area contributed by atoms with E-state index in [0.717, 1.165) is 16.8 Å². The van der Waals surface area contributed by atoms with Crippen molar-refractivity contribution in [2.45, 2.75) is 26.3 Å². The van der Waals surface area contributed by atoms with E-state index in [1.54, 1.807) is 11.0 Å². The molecule has 2 aromatic carbocycles. The highest BCUT2D eigenvalue weighted by atomic mass is 16.2. The highest BCUT2D eigenvalue weighted by Gasteiger charge is 2.26. The van der Waals surface area contributed by atoms with Gasteiger partial charge in [0.15, 0.2) is 5.78 Å². The van der Waals surface area contributed by atoms with Gasteiger partial charge in [0.2, 0.25) is 5.91 Å². The van der Waals surface area contributed by atoms with Gasteiger partial charge in [-0.05, 0) is 30.2 Å². The lowest BCUT2D eigenvalue weighted by molar-refractivity contribution is -0.118. The summed E-state index contributed by atoms with van der Waals surface area (Å²) in [5.41, 5.74) is 3.64. The molecule has 0 aliphatic carbocycles. The van der Waals surface area contributed by atoms with Crippen molar-refractivity contribution in [1.29, 1.82) is 0 Å². The number of rotatable bonds is 2. The van der Waals surface area contributed by atoms with Crippen LogP contribution in [0.4, 0.5) is 5.69 Å². The van der Waals surface area contributed by atoms with Crippen LogP contribution in [0.3, 0.4) is 0 Å². The Morgan fingerprint density at radius 3 is 2.48 bits per heavy atom. The van der Waals surface area contributed by atoms with E-state index in [9.17, 15) is 9.59 Å². The van der Waals surface area contributed by atoms with E-state index in [1.807, 2.05) is 49.4 Å². The SMILES string of the molecule is Cc1ccccc1CN1C(=O)CCC(=O)c2ccccc21. The Bertz CT molecular complexity index is 706. The van der Waals surface area contributed by atoms with Crippen LogP contribution in [-0.2, 0) is 11.3 Å². The normalized spacial score (nSPS) is 14.8. The summed E-state index contributed by atoms with van der Waals surface area (Å²) in [4.78, 5) is 26.3. The molecule has 0 N–H and O–H groups in total. The standard InChI is InChI=1S/C18H17NO2/c1-13-6-2-3-7-14(13)12-19-16-9-5-4-8-15(16)17(20)10-11-18(19)21/h2-9H,10-12H2,1H3. The third kappa shape index (κ3) is 2.59. The second-order valence-corrected chi connectivity index (χ2v) is 5.35. The maximum absolute atomic E-state index is 12.4. The van der Waals surface area contributed by atoms with Gasteiger partial charge in [0.05, 0.1) is 12.2 Å². The molecule has 21 heavy (non-hydrogen) atoms. The van der Waals surface area contributed by atoms with Crippen molar-refractivity contribution in [1.82, 2.24) is 0 Å². The van der Waals surface area contributed by atoms with Crippen molar-refractivity contribution in [3.63, 3.8) is 0 Å². The Morgan fingerprint density at radius 2 is 1.67 bits per heavy atom. The van der Waals surface area contributed by atoms with E-state index in [2.05, 4.69) is 0 Å². The van der Waals surface area contributed by atoms with Gasteiger partial charge < -0.3 is 4.90 Å².